The van der Waals surface area contributed by atoms with Crippen LogP contribution in [-0.2, 0) is 22.9 Å². The van der Waals surface area contributed by atoms with Crippen LogP contribution in [0.15, 0.2) is 59.2 Å². The van der Waals surface area contributed by atoms with E-state index in [0.29, 0.717) is 0 Å². The van der Waals surface area contributed by atoms with Crippen LogP contribution in [0.3, 0.4) is 0 Å². The maximum Gasteiger partial charge on any atom is -1.00 e. The van der Waals surface area contributed by atoms with Crippen LogP contribution < -0.4 is 24.8 Å². The minimum Gasteiger partial charge on any atom is -1.00 e. The zero-order chi connectivity index (χ0) is 26.0. The van der Waals surface area contributed by atoms with Crippen LogP contribution in [-0.4, -0.2) is 24.6 Å². The third kappa shape index (κ3) is 9.11. The van der Waals surface area contributed by atoms with Crippen molar-refractivity contribution in [2.75, 3.05) is 24.6 Å². The van der Waals surface area contributed by atoms with Crippen molar-refractivity contribution in [2.24, 2.45) is 0 Å². The molecule has 0 amide bonds. The Bertz CT molecular complexity index is 967. The van der Waals surface area contributed by atoms with Gasteiger partial charge in [-0.25, -0.2) is 0 Å². The van der Waals surface area contributed by atoms with Gasteiger partial charge in [0.2, 0.25) is 0 Å². The van der Waals surface area contributed by atoms with Gasteiger partial charge in [-0.2, -0.15) is 0 Å². The Morgan fingerprint density at radius 2 is 0.872 bits per heavy atom. The molecule has 0 aliphatic heterocycles. The van der Waals surface area contributed by atoms with Gasteiger partial charge in [0.1, 0.15) is 0 Å². The molecule has 0 saturated heterocycles. The van der Waals surface area contributed by atoms with Crippen molar-refractivity contribution in [3.63, 3.8) is 0 Å². The van der Waals surface area contributed by atoms with Crippen LogP contribution in [0.25, 0.3) is 12.2 Å². The summed E-state index contributed by atoms with van der Waals surface area (Å²) in [5.74, 6) is 0. The predicted octanol–water partition coefficient (Wildman–Crippen LogP) is 5.43. The van der Waals surface area contributed by atoms with E-state index in [0.717, 1.165) is 7.35 Å². The van der Waals surface area contributed by atoms with E-state index in [-0.39, 0.29) is 40.7 Å². The standard InChI is InChI=1S/2C17H24P.2ClH.Hf/c2*1-3-5-11-18(12-6-4-2)17-13-15-9-7-8-10-16(15)14-17;;;/h2*7-10,13-14H,3-6,11-12H2,1-2H3;2*1H;/q;;;;+2/p-2. The van der Waals surface area contributed by atoms with E-state index < -0.39 is 22.9 Å². The molecule has 2 aromatic carbocycles. The molecule has 5 heteroatoms. The zero-order valence-corrected chi connectivity index (χ0v) is 31.5. The molecule has 39 heavy (non-hydrogen) atoms. The molecule has 0 radical (unpaired) electrons. The molecule has 2 unspecified atom stereocenters. The average molecular weight is 768 g/mol. The van der Waals surface area contributed by atoms with Crippen molar-refractivity contribution < 1.29 is 47.7 Å². The molecule has 2 aliphatic rings. The van der Waals surface area contributed by atoms with Crippen molar-refractivity contribution in [1.82, 2.24) is 0 Å². The van der Waals surface area contributed by atoms with Gasteiger partial charge < -0.3 is 24.8 Å². The molecule has 0 aromatic heterocycles. The molecule has 2 aromatic rings. The smallest absolute Gasteiger partial charge is 1.00 e. The molecule has 0 nitrogen and oxygen atoms in total. The normalized spacial score (nSPS) is 17.2. The van der Waals surface area contributed by atoms with Crippen molar-refractivity contribution in [2.45, 2.75) is 86.4 Å². The zero-order valence-electron chi connectivity index (χ0n) is 24.6. The molecule has 2 aliphatic carbocycles. The molecular weight excluding hydrogens is 720 g/mol. The van der Waals surface area contributed by atoms with Gasteiger partial charge in [-0.1, -0.05) is 0 Å². The van der Waals surface area contributed by atoms with E-state index in [1.54, 1.807) is 22.3 Å². The molecule has 0 spiro atoms. The summed E-state index contributed by atoms with van der Waals surface area (Å²) in [5, 5.41) is 3.83. The van der Waals surface area contributed by atoms with E-state index in [1.807, 2.05) is 10.6 Å². The molecular formula is C34H48Cl2HfP2. The Morgan fingerprint density at radius 3 is 1.21 bits per heavy atom. The van der Waals surface area contributed by atoms with Crippen molar-refractivity contribution in [3.05, 3.63) is 81.4 Å². The van der Waals surface area contributed by atoms with Crippen LogP contribution >= 0.6 is 15.8 Å². The first-order valence-corrected chi connectivity index (χ1v) is 22.7. The quantitative estimate of drug-likeness (QED) is 0.158. The van der Waals surface area contributed by atoms with Crippen LogP contribution in [0.1, 0.15) is 109 Å². The van der Waals surface area contributed by atoms with Gasteiger partial charge in [-0.3, -0.25) is 0 Å². The van der Waals surface area contributed by atoms with E-state index in [4.69, 9.17) is 0 Å². The average Bonchev–Trinajstić information content (AvgIpc) is 3.48. The van der Waals surface area contributed by atoms with Gasteiger partial charge in [0.15, 0.2) is 0 Å². The SMILES string of the molecule is CCCCP(CCCC)C1=Cc2ccccc2[CH]1[Hf+2][CH]1C(P(CCCC)CCCC)=Cc2ccccc21.[Cl-].[Cl-]. The Balaban J connectivity index is 0.00000267. The number of allylic oxidation sites excluding steroid dienone is 2. The van der Waals surface area contributed by atoms with Crippen molar-refractivity contribution >= 4 is 28.0 Å². The van der Waals surface area contributed by atoms with E-state index in [9.17, 15) is 0 Å². The van der Waals surface area contributed by atoms with Crippen LogP contribution in [0, 0.1) is 0 Å². The Morgan fingerprint density at radius 1 is 0.538 bits per heavy atom. The summed E-state index contributed by atoms with van der Waals surface area (Å²) in [5.41, 5.74) is 6.53. The molecule has 0 heterocycles. The first-order valence-electron chi connectivity index (χ1n) is 15.1. The monoisotopic (exact) mass is 768 g/mol. The molecule has 0 N–H and O–H groups in total. The van der Waals surface area contributed by atoms with Gasteiger partial charge in [-0.05, 0) is 0 Å². The van der Waals surface area contributed by atoms with Crippen LogP contribution in [0.5, 0.6) is 0 Å². The Hall–Kier alpha value is 0.230. The second-order valence-electron chi connectivity index (χ2n) is 10.8. The maximum absolute atomic E-state index is 2.70. The fourth-order valence-electron chi connectivity index (χ4n) is 5.82. The van der Waals surface area contributed by atoms with Crippen LogP contribution in [0.4, 0.5) is 0 Å². The number of unbranched alkanes of at least 4 members (excludes halogenated alkanes) is 4. The fraction of sp³-hybridized carbons (Fsp3) is 0.529. The fourth-order valence-corrected chi connectivity index (χ4v) is 23.1. The number of hydrogen-bond donors (Lipinski definition) is 0. The molecule has 212 valence electrons. The first-order chi connectivity index (χ1) is 18.2. The number of fused-ring (bicyclic) bond motifs is 2. The van der Waals surface area contributed by atoms with Gasteiger partial charge in [-0.15, -0.1) is 0 Å². The Labute approximate surface area is 266 Å². The van der Waals surface area contributed by atoms with Crippen molar-refractivity contribution in [1.29, 1.82) is 0 Å². The second kappa shape index (κ2) is 18.7. The van der Waals surface area contributed by atoms with Crippen molar-refractivity contribution in [3.8, 4) is 0 Å². The molecule has 0 bridgehead atoms. The molecule has 0 fully saturated rings. The summed E-state index contributed by atoms with van der Waals surface area (Å²) in [6.45, 7) is 9.51. The Kier molecular flexibility index (Phi) is 17.0. The predicted molar refractivity (Wildman–Crippen MR) is 167 cm³/mol. The van der Waals surface area contributed by atoms with Gasteiger partial charge in [0, 0.05) is 0 Å². The summed E-state index contributed by atoms with van der Waals surface area (Å²) < 4.78 is 1.59. The maximum atomic E-state index is 2.70. The summed E-state index contributed by atoms with van der Waals surface area (Å²) in [6.07, 6.45) is 22.2. The summed E-state index contributed by atoms with van der Waals surface area (Å²) >= 11 is -1.11. The minimum absolute atomic E-state index is 0. The first kappa shape index (κ1) is 35.4. The van der Waals surface area contributed by atoms with Gasteiger partial charge in [0.25, 0.3) is 0 Å². The van der Waals surface area contributed by atoms with Gasteiger partial charge >= 0.3 is 243 Å². The molecule has 4 rings (SSSR count). The van der Waals surface area contributed by atoms with E-state index in [1.165, 1.54) is 76.0 Å². The topological polar surface area (TPSA) is 0 Å². The third-order valence-electron chi connectivity index (χ3n) is 8.00. The third-order valence-corrected chi connectivity index (χ3v) is 22.3. The van der Waals surface area contributed by atoms with E-state index >= 15 is 0 Å². The number of rotatable bonds is 16. The number of benzene rings is 2. The summed E-state index contributed by atoms with van der Waals surface area (Å²) in [6, 6.07) is 19.0. The number of hydrogen-bond acceptors (Lipinski definition) is 0. The minimum atomic E-state index is -1.11. The summed E-state index contributed by atoms with van der Waals surface area (Å²) in [4.78, 5) is 0. The molecule has 0 saturated carbocycles. The van der Waals surface area contributed by atoms with Gasteiger partial charge in [0.05, 0.1) is 0 Å². The second-order valence-corrected chi connectivity index (χ2v) is 21.1. The summed E-state index contributed by atoms with van der Waals surface area (Å²) in [7, 11) is 0.00104. The molecule has 2 atom stereocenters. The van der Waals surface area contributed by atoms with E-state index in [2.05, 4.69) is 88.4 Å². The number of halogens is 2. The largest absolute Gasteiger partial charge is 1.00 e. The van der Waals surface area contributed by atoms with Crippen LogP contribution in [0.2, 0.25) is 0 Å².